The van der Waals surface area contributed by atoms with Gasteiger partial charge in [0.1, 0.15) is 0 Å². The number of nitro groups is 2. The first-order valence-electron chi connectivity index (χ1n) is 8.15. The Labute approximate surface area is 159 Å². The van der Waals surface area contributed by atoms with Crippen LogP contribution in [0.4, 0.5) is 17.1 Å². The zero-order chi connectivity index (χ0) is 20.1. The summed E-state index contributed by atoms with van der Waals surface area (Å²) in [5, 5.41) is 24.5. The lowest BCUT2D eigenvalue weighted by Crippen LogP contribution is -2.12. The van der Waals surface area contributed by atoms with E-state index in [0.29, 0.717) is 12.1 Å². The van der Waals surface area contributed by atoms with Crippen LogP contribution in [0.3, 0.4) is 0 Å². The zero-order valence-corrected chi connectivity index (χ0v) is 14.4. The summed E-state index contributed by atoms with van der Waals surface area (Å²) in [4.78, 5) is 36.7. The van der Waals surface area contributed by atoms with Crippen molar-refractivity contribution in [3.8, 4) is 0 Å². The number of hydrogen-bond acceptors (Lipinski definition) is 6. The molecular weight excluding hydrogens is 364 g/mol. The number of aromatic nitrogens is 1. The van der Waals surface area contributed by atoms with Gasteiger partial charge in [0.25, 0.3) is 17.3 Å². The maximum Gasteiger partial charge on any atom is 0.277 e. The number of rotatable bonds is 6. The van der Waals surface area contributed by atoms with Gasteiger partial charge in [-0.05, 0) is 41.8 Å². The van der Waals surface area contributed by atoms with Crippen LogP contribution in [-0.4, -0.2) is 20.7 Å². The van der Waals surface area contributed by atoms with Crippen LogP contribution in [0.15, 0.2) is 67.0 Å². The zero-order valence-electron chi connectivity index (χ0n) is 14.4. The van der Waals surface area contributed by atoms with Crippen molar-refractivity contribution in [1.29, 1.82) is 0 Å². The van der Waals surface area contributed by atoms with Crippen molar-refractivity contribution in [1.82, 2.24) is 4.98 Å². The molecule has 0 saturated heterocycles. The van der Waals surface area contributed by atoms with E-state index in [1.54, 1.807) is 24.5 Å². The van der Waals surface area contributed by atoms with Crippen molar-refractivity contribution in [2.75, 3.05) is 5.32 Å². The van der Waals surface area contributed by atoms with Gasteiger partial charge in [-0.2, -0.15) is 0 Å². The lowest BCUT2D eigenvalue weighted by atomic mass is 10.1. The largest absolute Gasteiger partial charge is 0.322 e. The predicted molar refractivity (Wildman–Crippen MR) is 101 cm³/mol. The SMILES string of the molecule is O=C(Nc1ccc(Cc2ccncc2)cc1)c1cc([N+](=O)[O-])cc([N+](=O)[O-])c1. The van der Waals surface area contributed by atoms with Crippen LogP contribution in [0.25, 0.3) is 0 Å². The normalized spacial score (nSPS) is 10.3. The Hall–Kier alpha value is -4.14. The molecule has 0 aliphatic heterocycles. The Kier molecular flexibility index (Phi) is 5.35. The van der Waals surface area contributed by atoms with E-state index in [1.165, 1.54) is 0 Å². The molecule has 0 aliphatic carbocycles. The first kappa shape index (κ1) is 18.6. The van der Waals surface area contributed by atoms with Crippen LogP contribution in [0.1, 0.15) is 21.5 Å². The number of benzene rings is 2. The summed E-state index contributed by atoms with van der Waals surface area (Å²) in [5.74, 6) is -0.673. The predicted octanol–water partition coefficient (Wildman–Crippen LogP) is 3.74. The number of nitrogens with zero attached hydrogens (tertiary/aromatic N) is 3. The molecule has 3 aromatic rings. The molecule has 0 radical (unpaired) electrons. The Bertz CT molecular complexity index is 1000. The number of amides is 1. The van der Waals surface area contributed by atoms with Gasteiger partial charge >= 0.3 is 0 Å². The van der Waals surface area contributed by atoms with Crippen molar-refractivity contribution in [3.63, 3.8) is 0 Å². The van der Waals surface area contributed by atoms with Gasteiger partial charge in [0.05, 0.1) is 21.5 Å². The van der Waals surface area contributed by atoms with E-state index in [2.05, 4.69) is 10.3 Å². The quantitative estimate of drug-likeness (QED) is 0.514. The van der Waals surface area contributed by atoms with Gasteiger partial charge in [-0.15, -0.1) is 0 Å². The third kappa shape index (κ3) is 4.52. The van der Waals surface area contributed by atoms with Gasteiger partial charge in [-0.3, -0.25) is 30.0 Å². The Morgan fingerprint density at radius 1 is 0.857 bits per heavy atom. The highest BCUT2D eigenvalue weighted by molar-refractivity contribution is 6.05. The second kappa shape index (κ2) is 8.04. The fraction of sp³-hybridized carbons (Fsp3) is 0.0526. The molecule has 2 aromatic carbocycles. The van der Waals surface area contributed by atoms with Crippen molar-refractivity contribution < 1.29 is 14.6 Å². The molecule has 3 rings (SSSR count). The highest BCUT2D eigenvalue weighted by Crippen LogP contribution is 2.23. The van der Waals surface area contributed by atoms with Crippen LogP contribution in [0, 0.1) is 20.2 Å². The molecule has 140 valence electrons. The van der Waals surface area contributed by atoms with Gasteiger partial charge in [-0.1, -0.05) is 12.1 Å². The summed E-state index contributed by atoms with van der Waals surface area (Å²) in [6.45, 7) is 0. The van der Waals surface area contributed by atoms with Gasteiger partial charge in [0, 0.05) is 30.2 Å². The molecule has 1 amide bonds. The number of carbonyl (C=O) groups is 1. The summed E-state index contributed by atoms with van der Waals surface area (Å²) in [6.07, 6.45) is 4.12. The maximum atomic E-state index is 12.4. The minimum absolute atomic E-state index is 0.165. The molecular formula is C19H14N4O5. The smallest absolute Gasteiger partial charge is 0.277 e. The van der Waals surface area contributed by atoms with Crippen LogP contribution < -0.4 is 5.32 Å². The fourth-order valence-corrected chi connectivity index (χ4v) is 2.58. The Morgan fingerprint density at radius 3 is 1.93 bits per heavy atom. The van der Waals surface area contributed by atoms with E-state index in [0.717, 1.165) is 29.3 Å². The molecule has 0 aliphatic rings. The van der Waals surface area contributed by atoms with E-state index in [-0.39, 0.29) is 5.56 Å². The van der Waals surface area contributed by atoms with E-state index < -0.39 is 27.1 Å². The van der Waals surface area contributed by atoms with Crippen LogP contribution in [-0.2, 0) is 6.42 Å². The van der Waals surface area contributed by atoms with E-state index >= 15 is 0 Å². The highest BCUT2D eigenvalue weighted by Gasteiger charge is 2.20. The summed E-state index contributed by atoms with van der Waals surface area (Å²) >= 11 is 0. The van der Waals surface area contributed by atoms with Gasteiger partial charge < -0.3 is 5.32 Å². The van der Waals surface area contributed by atoms with Crippen molar-refractivity contribution in [2.24, 2.45) is 0 Å². The average molecular weight is 378 g/mol. The second-order valence-corrected chi connectivity index (χ2v) is 5.94. The first-order valence-corrected chi connectivity index (χ1v) is 8.15. The number of anilines is 1. The van der Waals surface area contributed by atoms with Gasteiger partial charge in [-0.25, -0.2) is 0 Å². The monoisotopic (exact) mass is 378 g/mol. The van der Waals surface area contributed by atoms with E-state index in [4.69, 9.17) is 0 Å². The second-order valence-electron chi connectivity index (χ2n) is 5.94. The van der Waals surface area contributed by atoms with Crippen molar-refractivity contribution >= 4 is 23.0 Å². The molecule has 1 heterocycles. The lowest BCUT2D eigenvalue weighted by Gasteiger charge is -2.07. The fourth-order valence-electron chi connectivity index (χ4n) is 2.58. The molecule has 0 unspecified atom stereocenters. The molecule has 0 spiro atoms. The third-order valence-electron chi connectivity index (χ3n) is 3.96. The lowest BCUT2D eigenvalue weighted by molar-refractivity contribution is -0.394. The first-order chi connectivity index (χ1) is 13.4. The molecule has 0 atom stereocenters. The van der Waals surface area contributed by atoms with Gasteiger partial charge in [0.2, 0.25) is 0 Å². The summed E-state index contributed by atoms with van der Waals surface area (Å²) < 4.78 is 0. The van der Waals surface area contributed by atoms with E-state index in [9.17, 15) is 25.0 Å². The summed E-state index contributed by atoms with van der Waals surface area (Å²) in [5.41, 5.74) is 1.38. The number of nitro benzene ring substituents is 2. The number of carbonyl (C=O) groups excluding carboxylic acids is 1. The van der Waals surface area contributed by atoms with Crippen LogP contribution >= 0.6 is 0 Å². The average Bonchev–Trinajstić information content (AvgIpc) is 2.69. The summed E-state index contributed by atoms with van der Waals surface area (Å²) in [7, 11) is 0. The standard InChI is InChI=1S/C19H14N4O5/c24-19(15-10-17(22(25)26)12-18(11-15)23(27)28)21-16-3-1-13(2-4-16)9-14-5-7-20-8-6-14/h1-8,10-12H,9H2,(H,21,24). The Balaban J connectivity index is 1.76. The van der Waals surface area contributed by atoms with Crippen molar-refractivity contribution in [2.45, 2.75) is 6.42 Å². The Morgan fingerprint density at radius 2 is 1.39 bits per heavy atom. The number of pyridine rings is 1. The molecule has 0 saturated carbocycles. The molecule has 0 fully saturated rings. The number of non-ortho nitro benzene ring substituents is 2. The van der Waals surface area contributed by atoms with Crippen LogP contribution in [0.5, 0.6) is 0 Å². The molecule has 9 nitrogen and oxygen atoms in total. The summed E-state index contributed by atoms with van der Waals surface area (Å²) in [6, 6.07) is 13.7. The van der Waals surface area contributed by atoms with E-state index in [1.807, 2.05) is 24.3 Å². The highest BCUT2D eigenvalue weighted by atomic mass is 16.6. The number of nitrogens with one attached hydrogen (secondary N) is 1. The molecule has 9 heteroatoms. The minimum Gasteiger partial charge on any atom is -0.322 e. The maximum absolute atomic E-state index is 12.4. The van der Waals surface area contributed by atoms with Gasteiger partial charge in [0.15, 0.2) is 0 Å². The minimum atomic E-state index is -0.780. The third-order valence-corrected chi connectivity index (χ3v) is 3.96. The molecule has 0 bridgehead atoms. The van der Waals surface area contributed by atoms with Crippen LogP contribution in [0.2, 0.25) is 0 Å². The topological polar surface area (TPSA) is 128 Å². The number of hydrogen-bond donors (Lipinski definition) is 1. The van der Waals surface area contributed by atoms with Crippen molar-refractivity contribution in [3.05, 3.63) is 104 Å². The molecule has 1 aromatic heterocycles. The molecule has 28 heavy (non-hydrogen) atoms. The molecule has 1 N–H and O–H groups in total.